The van der Waals surface area contributed by atoms with Crippen molar-refractivity contribution in [3.63, 3.8) is 0 Å². The van der Waals surface area contributed by atoms with Crippen LogP contribution in [0.2, 0.25) is 0 Å². The first-order chi connectivity index (χ1) is 8.81. The standard InChI is InChI=1S/C15H20N2O.ClH/c1-16-8-4-7-13(18)17-15-12-9-10-5-2-3-6-11(10)14(12)15;/h2-3,5-6,12,14-16H,4,7-9H2,1H3,(H,17,18);1H. The molecule has 0 radical (unpaired) electrons. The van der Waals surface area contributed by atoms with Gasteiger partial charge in [0.25, 0.3) is 0 Å². The molecule has 19 heavy (non-hydrogen) atoms. The Labute approximate surface area is 120 Å². The predicted octanol–water partition coefficient (Wildman–Crippen LogP) is 1.86. The molecule has 0 bridgehead atoms. The quantitative estimate of drug-likeness (QED) is 0.809. The smallest absolute Gasteiger partial charge is 0.220 e. The molecule has 1 aromatic rings. The van der Waals surface area contributed by atoms with Gasteiger partial charge in [-0.15, -0.1) is 12.4 Å². The maximum atomic E-state index is 11.8. The highest BCUT2D eigenvalue weighted by Crippen LogP contribution is 2.56. The van der Waals surface area contributed by atoms with Crippen molar-refractivity contribution in [3.05, 3.63) is 35.4 Å². The third-order valence-corrected chi connectivity index (χ3v) is 4.20. The van der Waals surface area contributed by atoms with Crippen molar-refractivity contribution in [2.75, 3.05) is 13.6 Å². The minimum absolute atomic E-state index is 0. The van der Waals surface area contributed by atoms with Crippen LogP contribution < -0.4 is 10.6 Å². The van der Waals surface area contributed by atoms with Gasteiger partial charge in [0, 0.05) is 18.4 Å². The fourth-order valence-electron chi connectivity index (χ4n) is 3.23. The van der Waals surface area contributed by atoms with E-state index in [9.17, 15) is 4.79 Å². The van der Waals surface area contributed by atoms with E-state index in [1.165, 1.54) is 11.1 Å². The number of carbonyl (C=O) groups excluding carboxylic acids is 1. The summed E-state index contributed by atoms with van der Waals surface area (Å²) in [6.45, 7) is 0.910. The number of halogens is 1. The third-order valence-electron chi connectivity index (χ3n) is 4.20. The first kappa shape index (κ1) is 14.4. The van der Waals surface area contributed by atoms with Crippen LogP contribution in [-0.2, 0) is 11.2 Å². The summed E-state index contributed by atoms with van der Waals surface area (Å²) in [5, 5.41) is 6.25. The van der Waals surface area contributed by atoms with Crippen LogP contribution >= 0.6 is 12.4 Å². The van der Waals surface area contributed by atoms with E-state index in [1.807, 2.05) is 7.05 Å². The Morgan fingerprint density at radius 2 is 2.16 bits per heavy atom. The second-order valence-electron chi connectivity index (χ2n) is 5.39. The molecular formula is C15H21ClN2O. The number of fused-ring (bicyclic) bond motifs is 3. The molecule has 1 saturated carbocycles. The van der Waals surface area contributed by atoms with Gasteiger partial charge in [-0.3, -0.25) is 4.79 Å². The summed E-state index contributed by atoms with van der Waals surface area (Å²) in [5.41, 5.74) is 2.94. The van der Waals surface area contributed by atoms with Crippen molar-refractivity contribution in [1.29, 1.82) is 0 Å². The van der Waals surface area contributed by atoms with Gasteiger partial charge in [-0.2, -0.15) is 0 Å². The van der Waals surface area contributed by atoms with Crippen molar-refractivity contribution in [2.24, 2.45) is 5.92 Å². The van der Waals surface area contributed by atoms with Crippen LogP contribution in [0.15, 0.2) is 24.3 Å². The Kier molecular flexibility index (Phi) is 4.48. The Bertz CT molecular complexity index is 463. The predicted molar refractivity (Wildman–Crippen MR) is 78.7 cm³/mol. The molecule has 0 saturated heterocycles. The van der Waals surface area contributed by atoms with Gasteiger partial charge in [0.1, 0.15) is 0 Å². The van der Waals surface area contributed by atoms with Crippen LogP contribution in [0.1, 0.15) is 29.9 Å². The van der Waals surface area contributed by atoms with E-state index in [0.29, 0.717) is 24.3 Å². The molecule has 2 N–H and O–H groups in total. The number of hydrogen-bond acceptors (Lipinski definition) is 2. The molecular weight excluding hydrogens is 260 g/mol. The second-order valence-corrected chi connectivity index (χ2v) is 5.39. The average molecular weight is 281 g/mol. The van der Waals surface area contributed by atoms with Crippen LogP contribution in [0, 0.1) is 5.92 Å². The highest BCUT2D eigenvalue weighted by molar-refractivity contribution is 5.85. The topological polar surface area (TPSA) is 41.1 Å². The van der Waals surface area contributed by atoms with E-state index < -0.39 is 0 Å². The number of rotatable bonds is 5. The molecule has 0 aromatic heterocycles. The molecule has 3 atom stereocenters. The number of benzene rings is 1. The van der Waals surface area contributed by atoms with Gasteiger partial charge in [0.2, 0.25) is 5.91 Å². The lowest BCUT2D eigenvalue weighted by Crippen LogP contribution is -2.29. The summed E-state index contributed by atoms with van der Waals surface area (Å²) < 4.78 is 0. The van der Waals surface area contributed by atoms with E-state index in [1.54, 1.807) is 0 Å². The van der Waals surface area contributed by atoms with E-state index in [-0.39, 0.29) is 18.3 Å². The highest BCUT2D eigenvalue weighted by Gasteiger charge is 2.56. The number of carbonyl (C=O) groups is 1. The van der Waals surface area contributed by atoms with Crippen LogP contribution in [0.5, 0.6) is 0 Å². The van der Waals surface area contributed by atoms with Crippen molar-refractivity contribution in [2.45, 2.75) is 31.2 Å². The van der Waals surface area contributed by atoms with Crippen molar-refractivity contribution < 1.29 is 4.79 Å². The minimum Gasteiger partial charge on any atom is -0.352 e. The second kappa shape index (κ2) is 5.93. The maximum Gasteiger partial charge on any atom is 0.220 e. The van der Waals surface area contributed by atoms with Crippen LogP contribution in [0.25, 0.3) is 0 Å². The molecule has 0 heterocycles. The molecule has 0 aliphatic heterocycles. The Hall–Kier alpha value is -1.06. The van der Waals surface area contributed by atoms with E-state index >= 15 is 0 Å². The number of nitrogens with one attached hydrogen (secondary N) is 2. The fraction of sp³-hybridized carbons (Fsp3) is 0.533. The van der Waals surface area contributed by atoms with Crippen LogP contribution in [0.3, 0.4) is 0 Å². The molecule has 2 aliphatic rings. The van der Waals surface area contributed by atoms with Crippen LogP contribution in [0.4, 0.5) is 0 Å². The lowest BCUT2D eigenvalue weighted by molar-refractivity contribution is -0.121. The summed E-state index contributed by atoms with van der Waals surface area (Å²) in [5.74, 6) is 1.47. The van der Waals surface area contributed by atoms with Crippen LogP contribution in [-0.4, -0.2) is 25.5 Å². The first-order valence-electron chi connectivity index (χ1n) is 6.83. The number of amides is 1. The molecule has 2 aliphatic carbocycles. The fourth-order valence-corrected chi connectivity index (χ4v) is 3.23. The molecule has 104 valence electrons. The highest BCUT2D eigenvalue weighted by atomic mass is 35.5. The molecule has 3 rings (SSSR count). The zero-order valence-corrected chi connectivity index (χ0v) is 12.0. The summed E-state index contributed by atoms with van der Waals surface area (Å²) >= 11 is 0. The molecule has 3 unspecified atom stereocenters. The van der Waals surface area contributed by atoms with E-state index in [4.69, 9.17) is 0 Å². The molecule has 3 nitrogen and oxygen atoms in total. The minimum atomic E-state index is 0. The summed E-state index contributed by atoms with van der Waals surface area (Å²) in [6.07, 6.45) is 2.70. The summed E-state index contributed by atoms with van der Waals surface area (Å²) in [7, 11) is 1.92. The van der Waals surface area contributed by atoms with Crippen molar-refractivity contribution >= 4 is 18.3 Å². The van der Waals surface area contributed by atoms with Crippen molar-refractivity contribution in [1.82, 2.24) is 10.6 Å². The maximum absolute atomic E-state index is 11.8. The monoisotopic (exact) mass is 280 g/mol. The zero-order chi connectivity index (χ0) is 12.5. The summed E-state index contributed by atoms with van der Waals surface area (Å²) in [4.78, 5) is 11.8. The molecule has 4 heteroatoms. The van der Waals surface area contributed by atoms with Gasteiger partial charge in [-0.05, 0) is 43.5 Å². The van der Waals surface area contributed by atoms with E-state index in [0.717, 1.165) is 19.4 Å². The van der Waals surface area contributed by atoms with Gasteiger partial charge in [-0.25, -0.2) is 0 Å². The molecule has 1 aromatic carbocycles. The molecule has 1 amide bonds. The summed E-state index contributed by atoms with van der Waals surface area (Å²) in [6, 6.07) is 9.04. The van der Waals surface area contributed by atoms with Gasteiger partial charge >= 0.3 is 0 Å². The Balaban J connectivity index is 0.00000133. The Morgan fingerprint density at radius 3 is 2.95 bits per heavy atom. The van der Waals surface area contributed by atoms with Crippen molar-refractivity contribution in [3.8, 4) is 0 Å². The normalized spacial score (nSPS) is 26.1. The lowest BCUT2D eigenvalue weighted by atomic mass is 10.1. The zero-order valence-electron chi connectivity index (χ0n) is 11.2. The van der Waals surface area contributed by atoms with E-state index in [2.05, 4.69) is 34.9 Å². The van der Waals surface area contributed by atoms with Gasteiger partial charge in [0.05, 0.1) is 0 Å². The average Bonchev–Trinajstić information content (AvgIpc) is 2.88. The van der Waals surface area contributed by atoms with Gasteiger partial charge in [0.15, 0.2) is 0 Å². The van der Waals surface area contributed by atoms with Gasteiger partial charge in [-0.1, -0.05) is 24.3 Å². The Morgan fingerprint density at radius 1 is 1.37 bits per heavy atom. The molecule has 1 fully saturated rings. The third kappa shape index (κ3) is 2.77. The number of hydrogen-bond donors (Lipinski definition) is 2. The lowest BCUT2D eigenvalue weighted by Gasteiger charge is -2.09. The SMILES string of the molecule is CNCCCC(=O)NC1C2Cc3ccccc3C21.Cl. The van der Waals surface area contributed by atoms with Gasteiger partial charge < -0.3 is 10.6 Å². The first-order valence-corrected chi connectivity index (χ1v) is 6.83. The largest absolute Gasteiger partial charge is 0.352 e. The molecule has 0 spiro atoms.